The van der Waals surface area contributed by atoms with Gasteiger partial charge in [-0.05, 0) is 65.0 Å². The molecule has 1 aliphatic rings. The van der Waals surface area contributed by atoms with Crippen LogP contribution in [0.3, 0.4) is 0 Å². The van der Waals surface area contributed by atoms with E-state index in [2.05, 4.69) is 27.3 Å². The largest absolute Gasteiger partial charge is 0.377 e. The van der Waals surface area contributed by atoms with Crippen LogP contribution in [0.25, 0.3) is 0 Å². The van der Waals surface area contributed by atoms with Gasteiger partial charge in [0.2, 0.25) is 0 Å². The molecular formula is C14H12BrCl2NS. The minimum atomic E-state index is 0.338. The van der Waals surface area contributed by atoms with Crippen LogP contribution < -0.4 is 5.32 Å². The number of hydrogen-bond acceptors (Lipinski definition) is 2. The number of thiophene rings is 1. The molecule has 5 heteroatoms. The Morgan fingerprint density at radius 3 is 2.89 bits per heavy atom. The number of anilines is 1. The Kier molecular flexibility index (Phi) is 4.08. The van der Waals surface area contributed by atoms with Gasteiger partial charge in [0.15, 0.2) is 0 Å². The van der Waals surface area contributed by atoms with Crippen LogP contribution in [-0.4, -0.2) is 0 Å². The molecule has 0 amide bonds. The van der Waals surface area contributed by atoms with E-state index < -0.39 is 0 Å². The lowest BCUT2D eigenvalue weighted by Crippen LogP contribution is -2.15. The fraction of sp³-hybridized carbons (Fsp3) is 0.286. The molecule has 0 fully saturated rings. The van der Waals surface area contributed by atoms with Crippen molar-refractivity contribution >= 4 is 56.2 Å². The van der Waals surface area contributed by atoms with E-state index in [1.54, 1.807) is 6.07 Å². The van der Waals surface area contributed by atoms with Gasteiger partial charge >= 0.3 is 0 Å². The summed E-state index contributed by atoms with van der Waals surface area (Å²) in [4.78, 5) is 1.47. The third kappa shape index (κ3) is 2.94. The smallest absolute Gasteiger partial charge is 0.0705 e. The van der Waals surface area contributed by atoms with Crippen LogP contribution in [0.5, 0.6) is 0 Å². The maximum atomic E-state index is 6.23. The van der Waals surface area contributed by atoms with Crippen LogP contribution in [-0.2, 0) is 6.42 Å². The van der Waals surface area contributed by atoms with Crippen molar-refractivity contribution in [1.29, 1.82) is 0 Å². The van der Waals surface area contributed by atoms with E-state index in [9.17, 15) is 0 Å². The number of halogens is 3. The number of fused-ring (bicyclic) bond motifs is 1. The van der Waals surface area contributed by atoms with Crippen molar-refractivity contribution in [2.45, 2.75) is 25.3 Å². The lowest BCUT2D eigenvalue weighted by molar-refractivity contribution is 0.609. The molecule has 0 bridgehead atoms. The molecule has 1 N–H and O–H groups in total. The van der Waals surface area contributed by atoms with E-state index in [4.69, 9.17) is 23.2 Å². The Morgan fingerprint density at radius 2 is 2.11 bits per heavy atom. The molecule has 1 aliphatic carbocycles. The lowest BCUT2D eigenvalue weighted by atomic mass is 9.94. The van der Waals surface area contributed by atoms with Gasteiger partial charge in [-0.1, -0.05) is 23.2 Å². The van der Waals surface area contributed by atoms with E-state index >= 15 is 0 Å². The topological polar surface area (TPSA) is 12.0 Å². The summed E-state index contributed by atoms with van der Waals surface area (Å²) in [5.74, 6) is 0. The van der Waals surface area contributed by atoms with Gasteiger partial charge in [0, 0.05) is 9.90 Å². The average molecular weight is 377 g/mol. The van der Waals surface area contributed by atoms with Crippen LogP contribution in [0.4, 0.5) is 5.69 Å². The quantitative estimate of drug-likeness (QED) is 0.647. The van der Waals surface area contributed by atoms with Gasteiger partial charge in [-0.2, -0.15) is 0 Å². The average Bonchev–Trinajstić information content (AvgIpc) is 2.74. The van der Waals surface area contributed by atoms with Crippen molar-refractivity contribution in [2.75, 3.05) is 5.32 Å². The minimum Gasteiger partial charge on any atom is -0.377 e. The van der Waals surface area contributed by atoms with Gasteiger partial charge in [-0.15, -0.1) is 11.3 Å². The standard InChI is InChI=1S/C14H12BrCl2NS/c15-14-7-9-11(2-1-3-13(9)19-14)18-12-5-4-8(16)6-10(12)17/h4-7,11,18H,1-3H2. The highest BCUT2D eigenvalue weighted by atomic mass is 79.9. The summed E-state index contributed by atoms with van der Waals surface area (Å²) in [5.41, 5.74) is 2.35. The molecule has 19 heavy (non-hydrogen) atoms. The summed E-state index contributed by atoms with van der Waals surface area (Å²) in [6.45, 7) is 0. The highest BCUT2D eigenvalue weighted by Crippen LogP contribution is 2.40. The summed E-state index contributed by atoms with van der Waals surface area (Å²) < 4.78 is 1.20. The molecule has 1 unspecified atom stereocenters. The Hall–Kier alpha value is -0.220. The number of nitrogens with one attached hydrogen (secondary N) is 1. The van der Waals surface area contributed by atoms with Crippen LogP contribution in [0.2, 0.25) is 10.0 Å². The first kappa shape index (κ1) is 13.7. The summed E-state index contributed by atoms with van der Waals surface area (Å²) in [6.07, 6.45) is 3.52. The highest BCUT2D eigenvalue weighted by molar-refractivity contribution is 9.11. The Labute approximate surface area is 135 Å². The fourth-order valence-corrected chi connectivity index (χ4v) is 4.75. The molecule has 1 heterocycles. The summed E-state index contributed by atoms with van der Waals surface area (Å²) in [6, 6.07) is 8.15. The Morgan fingerprint density at radius 1 is 1.26 bits per heavy atom. The van der Waals surface area contributed by atoms with Gasteiger partial charge in [0.05, 0.1) is 20.5 Å². The highest BCUT2D eigenvalue weighted by Gasteiger charge is 2.23. The normalized spacial score (nSPS) is 18.2. The van der Waals surface area contributed by atoms with E-state index in [-0.39, 0.29) is 0 Å². The zero-order valence-corrected chi connectivity index (χ0v) is 14.0. The summed E-state index contributed by atoms with van der Waals surface area (Å²) in [5, 5.41) is 4.88. The van der Waals surface area contributed by atoms with Crippen molar-refractivity contribution in [3.63, 3.8) is 0 Å². The first-order valence-electron chi connectivity index (χ1n) is 6.13. The lowest BCUT2D eigenvalue weighted by Gasteiger charge is -2.25. The van der Waals surface area contributed by atoms with Crippen LogP contribution in [0.1, 0.15) is 29.3 Å². The molecule has 1 atom stereocenters. The van der Waals surface area contributed by atoms with Crippen molar-refractivity contribution < 1.29 is 0 Å². The van der Waals surface area contributed by atoms with Gasteiger partial charge < -0.3 is 5.32 Å². The molecule has 1 nitrogen and oxygen atoms in total. The zero-order chi connectivity index (χ0) is 13.4. The molecule has 100 valence electrons. The van der Waals surface area contributed by atoms with Gasteiger partial charge in [0.1, 0.15) is 0 Å². The number of aryl methyl sites for hydroxylation is 1. The zero-order valence-electron chi connectivity index (χ0n) is 10.1. The second-order valence-electron chi connectivity index (χ2n) is 4.64. The first-order valence-corrected chi connectivity index (χ1v) is 8.50. The van der Waals surface area contributed by atoms with Crippen LogP contribution in [0.15, 0.2) is 28.1 Å². The van der Waals surface area contributed by atoms with Crippen molar-refractivity contribution in [3.8, 4) is 0 Å². The number of benzene rings is 1. The summed E-state index contributed by atoms with van der Waals surface area (Å²) >= 11 is 17.6. The first-order chi connectivity index (χ1) is 9.13. The van der Waals surface area contributed by atoms with Gasteiger partial charge in [-0.3, -0.25) is 0 Å². The van der Waals surface area contributed by atoms with Crippen LogP contribution in [0, 0.1) is 0 Å². The monoisotopic (exact) mass is 375 g/mol. The third-order valence-corrected chi connectivity index (χ3v) is 5.61. The van der Waals surface area contributed by atoms with Crippen molar-refractivity contribution in [1.82, 2.24) is 0 Å². The van der Waals surface area contributed by atoms with Gasteiger partial charge in [0.25, 0.3) is 0 Å². The predicted octanol–water partition coefficient (Wildman–Crippen LogP) is 6.31. The van der Waals surface area contributed by atoms with Crippen molar-refractivity contribution in [3.05, 3.63) is 48.5 Å². The molecule has 0 spiro atoms. The molecular weight excluding hydrogens is 365 g/mol. The fourth-order valence-electron chi connectivity index (χ4n) is 2.47. The molecule has 1 aromatic carbocycles. The number of hydrogen-bond donors (Lipinski definition) is 1. The molecule has 0 aliphatic heterocycles. The van der Waals surface area contributed by atoms with E-state index in [1.165, 1.54) is 27.1 Å². The van der Waals surface area contributed by atoms with Crippen molar-refractivity contribution in [2.24, 2.45) is 0 Å². The SMILES string of the molecule is Clc1ccc(NC2CCCc3sc(Br)cc32)c(Cl)c1. The number of rotatable bonds is 2. The minimum absolute atomic E-state index is 0.338. The van der Waals surface area contributed by atoms with Gasteiger partial charge in [-0.25, -0.2) is 0 Å². The molecule has 3 rings (SSSR count). The predicted molar refractivity (Wildman–Crippen MR) is 87.8 cm³/mol. The third-order valence-electron chi connectivity index (χ3n) is 3.34. The van der Waals surface area contributed by atoms with E-state index in [0.717, 1.165) is 12.1 Å². The molecule has 0 saturated carbocycles. The van der Waals surface area contributed by atoms with E-state index in [1.807, 2.05) is 23.5 Å². The molecule has 1 aromatic heterocycles. The van der Waals surface area contributed by atoms with Crippen LogP contribution >= 0.6 is 50.5 Å². The van der Waals surface area contributed by atoms with E-state index in [0.29, 0.717) is 16.1 Å². The Balaban J connectivity index is 1.88. The second-order valence-corrected chi connectivity index (χ2v) is 8.00. The maximum absolute atomic E-state index is 6.23. The maximum Gasteiger partial charge on any atom is 0.0705 e. The molecule has 0 radical (unpaired) electrons. The molecule has 2 aromatic rings. The Bertz CT molecular complexity index is 611. The summed E-state index contributed by atoms with van der Waals surface area (Å²) in [7, 11) is 0. The second kappa shape index (κ2) is 5.65. The molecule has 0 saturated heterocycles.